The van der Waals surface area contributed by atoms with Crippen LogP contribution in [0.5, 0.6) is 0 Å². The Bertz CT molecular complexity index is 288. The molecule has 0 aliphatic carbocycles. The molecule has 0 bridgehead atoms. The summed E-state index contributed by atoms with van der Waals surface area (Å²) in [4.78, 5) is 24.6. The second-order valence-electron chi connectivity index (χ2n) is 5.24. The van der Waals surface area contributed by atoms with Crippen LogP contribution in [0.2, 0.25) is 0 Å². The van der Waals surface area contributed by atoms with Gasteiger partial charge in [-0.2, -0.15) is 0 Å². The van der Waals surface area contributed by atoms with Gasteiger partial charge in [-0.3, -0.25) is 9.59 Å². The number of aliphatic carboxylic acids is 1. The lowest BCUT2D eigenvalue weighted by molar-refractivity contribution is -0.141. The molecule has 0 rings (SSSR count). The van der Waals surface area contributed by atoms with Crippen molar-refractivity contribution in [2.24, 2.45) is 0 Å². The number of likely N-dealkylation sites (N-methyl/N-ethyl adjacent to an activating group) is 1. The molecular formula is C13H26N2O3. The molecule has 2 N–H and O–H groups in total. The maximum Gasteiger partial charge on any atom is 0.303 e. The standard InChI is InChI=1S/C13H26N2O3/c1-6-14-13(4,5)12(18)15(10(2)3)9-7-8-11(16)17/h10,14H,6-9H2,1-5H3,(H,16,17). The summed E-state index contributed by atoms with van der Waals surface area (Å²) in [7, 11) is 0. The predicted molar refractivity (Wildman–Crippen MR) is 71.5 cm³/mol. The van der Waals surface area contributed by atoms with Gasteiger partial charge in [0.05, 0.1) is 5.54 Å². The van der Waals surface area contributed by atoms with Gasteiger partial charge in [0.15, 0.2) is 0 Å². The fourth-order valence-corrected chi connectivity index (χ4v) is 1.87. The number of carboxylic acids is 1. The van der Waals surface area contributed by atoms with Crippen LogP contribution < -0.4 is 5.32 Å². The van der Waals surface area contributed by atoms with E-state index in [-0.39, 0.29) is 18.4 Å². The summed E-state index contributed by atoms with van der Waals surface area (Å²) in [5.74, 6) is -0.804. The molecule has 0 aliphatic heterocycles. The molecule has 0 radical (unpaired) electrons. The summed E-state index contributed by atoms with van der Waals surface area (Å²) < 4.78 is 0. The first-order valence-electron chi connectivity index (χ1n) is 6.50. The minimum Gasteiger partial charge on any atom is -0.481 e. The van der Waals surface area contributed by atoms with Gasteiger partial charge in [0.25, 0.3) is 0 Å². The van der Waals surface area contributed by atoms with Crippen molar-refractivity contribution in [1.82, 2.24) is 10.2 Å². The summed E-state index contributed by atoms with van der Waals surface area (Å²) in [6, 6.07) is 0.0734. The Labute approximate surface area is 110 Å². The van der Waals surface area contributed by atoms with Gasteiger partial charge in [-0.05, 0) is 40.7 Å². The van der Waals surface area contributed by atoms with Gasteiger partial charge in [0.2, 0.25) is 5.91 Å². The Hall–Kier alpha value is -1.10. The minimum absolute atomic E-state index is 0.0183. The number of nitrogens with zero attached hydrogens (tertiary/aromatic N) is 1. The fourth-order valence-electron chi connectivity index (χ4n) is 1.87. The van der Waals surface area contributed by atoms with E-state index in [0.29, 0.717) is 13.0 Å². The van der Waals surface area contributed by atoms with Crippen LogP contribution in [-0.4, -0.2) is 46.6 Å². The maximum absolute atomic E-state index is 12.4. The van der Waals surface area contributed by atoms with Gasteiger partial charge < -0.3 is 15.3 Å². The molecule has 0 aliphatic rings. The number of carbonyl (C=O) groups is 2. The Morgan fingerprint density at radius 3 is 2.28 bits per heavy atom. The van der Waals surface area contributed by atoms with E-state index in [1.165, 1.54) is 0 Å². The number of carboxylic acid groups (broad SMARTS) is 1. The zero-order valence-corrected chi connectivity index (χ0v) is 12.1. The monoisotopic (exact) mass is 258 g/mol. The van der Waals surface area contributed by atoms with Crippen molar-refractivity contribution in [2.45, 2.75) is 59.0 Å². The lowest BCUT2D eigenvalue weighted by Crippen LogP contribution is -2.56. The maximum atomic E-state index is 12.4. The van der Waals surface area contributed by atoms with E-state index >= 15 is 0 Å². The molecule has 0 fully saturated rings. The Balaban J connectivity index is 4.59. The smallest absolute Gasteiger partial charge is 0.303 e. The first-order valence-corrected chi connectivity index (χ1v) is 6.50. The lowest BCUT2D eigenvalue weighted by atomic mass is 10.0. The molecule has 0 aromatic carbocycles. The molecule has 1 amide bonds. The molecule has 0 aromatic rings. The highest BCUT2D eigenvalue weighted by atomic mass is 16.4. The highest BCUT2D eigenvalue weighted by Gasteiger charge is 2.32. The third-order valence-corrected chi connectivity index (χ3v) is 2.83. The van der Waals surface area contributed by atoms with Gasteiger partial charge in [-0.1, -0.05) is 6.92 Å². The van der Waals surface area contributed by atoms with Crippen LogP contribution in [0, 0.1) is 0 Å². The molecule has 0 saturated heterocycles. The number of carbonyl (C=O) groups excluding carboxylic acids is 1. The van der Waals surface area contributed by atoms with E-state index in [1.54, 1.807) is 4.90 Å². The Kier molecular flexibility index (Phi) is 6.91. The van der Waals surface area contributed by atoms with Gasteiger partial charge in [0.1, 0.15) is 0 Å². The number of rotatable bonds is 8. The van der Waals surface area contributed by atoms with Crippen LogP contribution in [0.25, 0.3) is 0 Å². The number of nitrogens with one attached hydrogen (secondary N) is 1. The van der Waals surface area contributed by atoms with E-state index in [2.05, 4.69) is 5.32 Å². The molecule has 0 aromatic heterocycles. The molecule has 106 valence electrons. The summed E-state index contributed by atoms with van der Waals surface area (Å²) in [5.41, 5.74) is -0.609. The van der Waals surface area contributed by atoms with E-state index < -0.39 is 11.5 Å². The quantitative estimate of drug-likeness (QED) is 0.692. The van der Waals surface area contributed by atoms with Crippen LogP contribution in [0.1, 0.15) is 47.5 Å². The highest BCUT2D eigenvalue weighted by Crippen LogP contribution is 2.12. The summed E-state index contributed by atoms with van der Waals surface area (Å²) >= 11 is 0. The second-order valence-corrected chi connectivity index (χ2v) is 5.24. The predicted octanol–water partition coefficient (Wildman–Crippen LogP) is 1.48. The fraction of sp³-hybridized carbons (Fsp3) is 0.846. The van der Waals surface area contributed by atoms with Crippen LogP contribution >= 0.6 is 0 Å². The summed E-state index contributed by atoms with van der Waals surface area (Å²) in [5, 5.41) is 11.8. The van der Waals surface area contributed by atoms with Crippen molar-refractivity contribution in [1.29, 1.82) is 0 Å². The van der Waals surface area contributed by atoms with Crippen molar-refractivity contribution in [3.05, 3.63) is 0 Å². The van der Waals surface area contributed by atoms with E-state index in [1.807, 2.05) is 34.6 Å². The third kappa shape index (κ3) is 5.49. The van der Waals surface area contributed by atoms with Crippen molar-refractivity contribution in [2.75, 3.05) is 13.1 Å². The highest BCUT2D eigenvalue weighted by molar-refractivity contribution is 5.85. The largest absolute Gasteiger partial charge is 0.481 e. The molecule has 0 unspecified atom stereocenters. The average Bonchev–Trinajstić information content (AvgIpc) is 2.22. The van der Waals surface area contributed by atoms with Crippen molar-refractivity contribution < 1.29 is 14.7 Å². The van der Waals surface area contributed by atoms with Gasteiger partial charge in [-0.15, -0.1) is 0 Å². The van der Waals surface area contributed by atoms with E-state index in [9.17, 15) is 9.59 Å². The molecule has 5 nitrogen and oxygen atoms in total. The number of hydrogen-bond acceptors (Lipinski definition) is 3. The zero-order valence-electron chi connectivity index (χ0n) is 12.1. The molecule has 5 heteroatoms. The van der Waals surface area contributed by atoms with Gasteiger partial charge in [-0.25, -0.2) is 0 Å². The molecule has 0 saturated carbocycles. The first kappa shape index (κ1) is 16.9. The van der Waals surface area contributed by atoms with E-state index in [0.717, 1.165) is 6.54 Å². The Morgan fingerprint density at radius 1 is 1.33 bits per heavy atom. The van der Waals surface area contributed by atoms with Crippen LogP contribution in [0.15, 0.2) is 0 Å². The summed E-state index contributed by atoms with van der Waals surface area (Å²) in [6.45, 7) is 10.8. The van der Waals surface area contributed by atoms with Crippen molar-refractivity contribution in [3.8, 4) is 0 Å². The summed E-state index contributed by atoms with van der Waals surface area (Å²) in [6.07, 6.45) is 0.583. The van der Waals surface area contributed by atoms with Crippen LogP contribution in [0.4, 0.5) is 0 Å². The van der Waals surface area contributed by atoms with Crippen molar-refractivity contribution >= 4 is 11.9 Å². The lowest BCUT2D eigenvalue weighted by Gasteiger charge is -2.35. The SMILES string of the molecule is CCNC(C)(C)C(=O)N(CCCC(=O)O)C(C)C. The van der Waals surface area contributed by atoms with Crippen LogP contribution in [-0.2, 0) is 9.59 Å². The third-order valence-electron chi connectivity index (χ3n) is 2.83. The van der Waals surface area contributed by atoms with Gasteiger partial charge >= 0.3 is 5.97 Å². The number of amides is 1. The van der Waals surface area contributed by atoms with Crippen LogP contribution in [0.3, 0.4) is 0 Å². The molecule has 0 atom stereocenters. The first-order chi connectivity index (χ1) is 8.22. The topological polar surface area (TPSA) is 69.6 Å². The molecule has 18 heavy (non-hydrogen) atoms. The average molecular weight is 258 g/mol. The number of hydrogen-bond donors (Lipinski definition) is 2. The molecule has 0 heterocycles. The molecular weight excluding hydrogens is 232 g/mol. The minimum atomic E-state index is -0.822. The van der Waals surface area contributed by atoms with Crippen molar-refractivity contribution in [3.63, 3.8) is 0 Å². The van der Waals surface area contributed by atoms with Gasteiger partial charge in [0, 0.05) is 19.0 Å². The second kappa shape index (κ2) is 7.36. The molecule has 0 spiro atoms. The zero-order chi connectivity index (χ0) is 14.3. The van der Waals surface area contributed by atoms with E-state index in [4.69, 9.17) is 5.11 Å². The normalized spacial score (nSPS) is 11.7. The Morgan fingerprint density at radius 2 is 1.89 bits per heavy atom.